The lowest BCUT2D eigenvalue weighted by atomic mass is 10.1. The number of aromatic nitrogens is 4. The van der Waals surface area contributed by atoms with E-state index < -0.39 is 0 Å². The van der Waals surface area contributed by atoms with Gasteiger partial charge in [0.1, 0.15) is 11.6 Å². The van der Waals surface area contributed by atoms with Crippen molar-refractivity contribution in [3.63, 3.8) is 0 Å². The van der Waals surface area contributed by atoms with Crippen LogP contribution in [0.3, 0.4) is 0 Å². The molecule has 0 unspecified atom stereocenters. The topological polar surface area (TPSA) is 75.9 Å². The van der Waals surface area contributed by atoms with E-state index in [1.54, 1.807) is 37.4 Å². The van der Waals surface area contributed by atoms with Crippen LogP contribution in [0.5, 0.6) is 5.75 Å². The molecule has 6 rings (SSSR count). The van der Waals surface area contributed by atoms with Crippen LogP contribution in [0.2, 0.25) is 0 Å². The highest BCUT2D eigenvalue weighted by atomic mass is 19.1. The Balaban J connectivity index is 1.37. The van der Waals surface area contributed by atoms with Crippen LogP contribution in [0.25, 0.3) is 27.9 Å². The fraction of sp³-hybridized carbons (Fsp3) is 0.185. The number of methoxy groups -OCH3 is 1. The number of halogens is 1. The van der Waals surface area contributed by atoms with Crippen LogP contribution in [0, 0.1) is 5.82 Å². The summed E-state index contributed by atoms with van der Waals surface area (Å²) in [5, 5.41) is 9.62. The fourth-order valence-corrected chi connectivity index (χ4v) is 4.64. The zero-order valence-corrected chi connectivity index (χ0v) is 19.6. The highest BCUT2D eigenvalue weighted by Crippen LogP contribution is 2.30. The summed E-state index contributed by atoms with van der Waals surface area (Å²) in [5.74, 6) is 1.25. The third kappa shape index (κ3) is 3.69. The highest BCUT2D eigenvalue weighted by Gasteiger charge is 2.27. The first-order valence-corrected chi connectivity index (χ1v) is 11.7. The number of fused-ring (bicyclic) bond motifs is 3. The first-order valence-electron chi connectivity index (χ1n) is 11.7. The molecule has 3 heterocycles. The van der Waals surface area contributed by atoms with E-state index in [9.17, 15) is 9.18 Å². The number of ether oxygens (including phenoxy) is 1. The number of nitrogens with zero attached hydrogens (tertiary/aromatic N) is 6. The first kappa shape index (κ1) is 22.0. The molecule has 1 aliphatic heterocycles. The van der Waals surface area contributed by atoms with Gasteiger partial charge in [0.15, 0.2) is 11.5 Å². The van der Waals surface area contributed by atoms with E-state index in [1.807, 2.05) is 45.7 Å². The minimum absolute atomic E-state index is 0.0403. The van der Waals surface area contributed by atoms with Crippen molar-refractivity contribution in [2.75, 3.05) is 38.2 Å². The van der Waals surface area contributed by atoms with Crippen molar-refractivity contribution in [3.05, 3.63) is 84.2 Å². The largest absolute Gasteiger partial charge is 0.497 e. The number of amides is 1. The number of hydrogen-bond acceptors (Lipinski definition) is 6. The number of piperazine rings is 1. The van der Waals surface area contributed by atoms with E-state index in [0.717, 1.165) is 10.9 Å². The van der Waals surface area contributed by atoms with Gasteiger partial charge >= 0.3 is 0 Å². The molecule has 1 fully saturated rings. The molecule has 2 aromatic heterocycles. The second kappa shape index (κ2) is 8.92. The van der Waals surface area contributed by atoms with Gasteiger partial charge in [-0.25, -0.2) is 13.8 Å². The highest BCUT2D eigenvalue weighted by molar-refractivity contribution is 5.95. The zero-order valence-electron chi connectivity index (χ0n) is 19.6. The van der Waals surface area contributed by atoms with Gasteiger partial charge in [-0.15, -0.1) is 10.2 Å². The minimum Gasteiger partial charge on any atom is -0.497 e. The minimum atomic E-state index is -0.375. The van der Waals surface area contributed by atoms with Crippen molar-refractivity contribution < 1.29 is 13.9 Å². The van der Waals surface area contributed by atoms with Crippen LogP contribution >= 0.6 is 0 Å². The summed E-state index contributed by atoms with van der Waals surface area (Å²) in [6.45, 7) is 2.16. The Labute approximate surface area is 206 Å². The summed E-state index contributed by atoms with van der Waals surface area (Å²) < 4.78 is 21.8. The van der Waals surface area contributed by atoms with Gasteiger partial charge in [0.25, 0.3) is 5.91 Å². The van der Waals surface area contributed by atoms with Crippen LogP contribution < -0.4 is 9.64 Å². The van der Waals surface area contributed by atoms with Crippen molar-refractivity contribution in [1.29, 1.82) is 0 Å². The molecule has 1 saturated heterocycles. The fourth-order valence-electron chi connectivity index (χ4n) is 4.64. The van der Waals surface area contributed by atoms with Crippen molar-refractivity contribution >= 4 is 28.4 Å². The third-order valence-electron chi connectivity index (χ3n) is 6.51. The molecule has 36 heavy (non-hydrogen) atoms. The Hall–Kier alpha value is -4.53. The lowest BCUT2D eigenvalue weighted by molar-refractivity contribution is 0.0746. The van der Waals surface area contributed by atoms with Crippen LogP contribution in [-0.2, 0) is 0 Å². The first-order chi connectivity index (χ1) is 17.6. The monoisotopic (exact) mass is 482 g/mol. The van der Waals surface area contributed by atoms with E-state index in [-0.39, 0.29) is 11.7 Å². The Bertz CT molecular complexity index is 1590. The van der Waals surface area contributed by atoms with Gasteiger partial charge in [-0.3, -0.25) is 4.79 Å². The third-order valence-corrected chi connectivity index (χ3v) is 6.51. The van der Waals surface area contributed by atoms with E-state index in [0.29, 0.717) is 60.5 Å². The quantitative estimate of drug-likeness (QED) is 0.385. The smallest absolute Gasteiger partial charge is 0.254 e. The number of para-hydroxylation sites is 1. The maximum absolute atomic E-state index is 14.8. The molecule has 5 aromatic rings. The molecule has 3 aromatic carbocycles. The predicted molar refractivity (Wildman–Crippen MR) is 135 cm³/mol. The van der Waals surface area contributed by atoms with Crippen LogP contribution in [0.1, 0.15) is 10.4 Å². The molecule has 0 spiro atoms. The summed E-state index contributed by atoms with van der Waals surface area (Å²) in [7, 11) is 1.58. The average molecular weight is 483 g/mol. The molecular formula is C27H23FN6O2. The number of carbonyl (C=O) groups excluding carboxylic acids is 1. The Morgan fingerprint density at radius 1 is 0.917 bits per heavy atom. The SMILES string of the molecule is COc1cccc(C(=O)N2CCN(c3nc4ccccc4c4nnc(-c5ccccc5F)n34)CC2)c1. The summed E-state index contributed by atoms with van der Waals surface area (Å²) >= 11 is 0. The van der Waals surface area contributed by atoms with E-state index in [2.05, 4.69) is 15.1 Å². The second-order valence-corrected chi connectivity index (χ2v) is 8.60. The van der Waals surface area contributed by atoms with Crippen molar-refractivity contribution in [3.8, 4) is 17.1 Å². The second-order valence-electron chi connectivity index (χ2n) is 8.60. The van der Waals surface area contributed by atoms with Crippen molar-refractivity contribution in [2.45, 2.75) is 0 Å². The standard InChI is InChI=1S/C27H23FN6O2/c1-36-19-8-6-7-18(17-19)26(35)32-13-15-33(16-14-32)27-29-23-12-5-3-10-21(23)25-31-30-24(34(25)27)20-9-2-4-11-22(20)28/h2-12,17H,13-16H2,1H3. The summed E-state index contributed by atoms with van der Waals surface area (Å²) in [5.41, 5.74) is 2.34. The average Bonchev–Trinajstić information content (AvgIpc) is 3.38. The Morgan fingerprint density at radius 3 is 2.50 bits per heavy atom. The van der Waals surface area contributed by atoms with Gasteiger partial charge < -0.3 is 14.5 Å². The number of carbonyl (C=O) groups is 1. The number of hydrogen-bond donors (Lipinski definition) is 0. The van der Waals surface area contributed by atoms with E-state index in [4.69, 9.17) is 9.72 Å². The van der Waals surface area contributed by atoms with Crippen LogP contribution in [-0.4, -0.2) is 63.7 Å². The van der Waals surface area contributed by atoms with Gasteiger partial charge in [-0.05, 0) is 42.5 Å². The molecule has 0 bridgehead atoms. The lowest BCUT2D eigenvalue weighted by Crippen LogP contribution is -2.49. The molecule has 0 atom stereocenters. The molecule has 180 valence electrons. The Morgan fingerprint density at radius 2 is 1.69 bits per heavy atom. The summed E-state index contributed by atoms with van der Waals surface area (Å²) in [6.07, 6.45) is 0. The number of benzene rings is 3. The molecule has 1 aliphatic rings. The molecule has 0 N–H and O–H groups in total. The Kier molecular flexibility index (Phi) is 5.44. The van der Waals surface area contributed by atoms with Crippen molar-refractivity contribution in [2.24, 2.45) is 0 Å². The number of rotatable bonds is 4. The molecule has 0 radical (unpaired) electrons. The van der Waals surface area contributed by atoms with Gasteiger partial charge in [0.2, 0.25) is 5.95 Å². The molecule has 0 saturated carbocycles. The summed E-state index contributed by atoms with van der Waals surface area (Å²) in [4.78, 5) is 22.0. The molecule has 1 amide bonds. The molecule has 9 heteroatoms. The lowest BCUT2D eigenvalue weighted by Gasteiger charge is -2.35. The molecule has 0 aliphatic carbocycles. The normalized spacial score (nSPS) is 13.9. The predicted octanol–water partition coefficient (Wildman–Crippen LogP) is 4.05. The van der Waals surface area contributed by atoms with E-state index >= 15 is 0 Å². The van der Waals surface area contributed by atoms with Gasteiger partial charge in [-0.2, -0.15) is 0 Å². The van der Waals surface area contributed by atoms with Crippen LogP contribution in [0.15, 0.2) is 72.8 Å². The number of anilines is 1. The van der Waals surface area contributed by atoms with Gasteiger partial charge in [-0.1, -0.05) is 30.3 Å². The maximum Gasteiger partial charge on any atom is 0.254 e. The van der Waals surface area contributed by atoms with Gasteiger partial charge in [0.05, 0.1) is 18.2 Å². The van der Waals surface area contributed by atoms with Crippen molar-refractivity contribution in [1.82, 2.24) is 24.5 Å². The van der Waals surface area contributed by atoms with Gasteiger partial charge in [0, 0.05) is 37.1 Å². The summed E-state index contributed by atoms with van der Waals surface area (Å²) in [6, 6.07) is 21.4. The van der Waals surface area contributed by atoms with Crippen LogP contribution in [0.4, 0.5) is 10.3 Å². The molecule has 8 nitrogen and oxygen atoms in total. The molecular weight excluding hydrogens is 459 g/mol. The van der Waals surface area contributed by atoms with E-state index in [1.165, 1.54) is 6.07 Å². The zero-order chi connectivity index (χ0) is 24.6. The maximum atomic E-state index is 14.8.